The second kappa shape index (κ2) is 5.00. The van der Waals surface area contributed by atoms with Gasteiger partial charge in [0.2, 0.25) is 0 Å². The lowest BCUT2D eigenvalue weighted by molar-refractivity contribution is -0.114. The smallest absolute Gasteiger partial charge is 0.411 e. The maximum Gasteiger partial charge on any atom is 0.411 e. The Kier molecular flexibility index (Phi) is 4.04. The minimum absolute atomic E-state index is 0.00735. The normalized spacial score (nSPS) is 19.0. The number of carbonyl (C=O) groups is 2. The molecule has 0 atom stereocenters. The summed E-state index contributed by atoms with van der Waals surface area (Å²) in [6, 6.07) is 0. The van der Waals surface area contributed by atoms with Crippen LogP contribution in [0.25, 0.3) is 0 Å². The number of nitrogens with zero attached hydrogens (tertiary/aromatic N) is 2. The van der Waals surface area contributed by atoms with Crippen LogP contribution in [0.5, 0.6) is 0 Å². The van der Waals surface area contributed by atoms with Crippen molar-refractivity contribution in [2.75, 3.05) is 27.2 Å². The summed E-state index contributed by atoms with van der Waals surface area (Å²) in [5, 5.41) is 0. The van der Waals surface area contributed by atoms with Crippen molar-refractivity contribution in [1.29, 1.82) is 0 Å². The summed E-state index contributed by atoms with van der Waals surface area (Å²) < 4.78 is 5.26. The van der Waals surface area contributed by atoms with Gasteiger partial charge in [0.05, 0.1) is 13.1 Å². The summed E-state index contributed by atoms with van der Waals surface area (Å²) in [5.74, 6) is -0.00735. The molecule has 0 aromatic carbocycles. The van der Waals surface area contributed by atoms with Crippen LogP contribution in [0.3, 0.4) is 0 Å². The van der Waals surface area contributed by atoms with Gasteiger partial charge in [-0.15, -0.1) is 0 Å². The molecule has 18 heavy (non-hydrogen) atoms. The average Bonchev–Trinajstić information content (AvgIpc) is 2.56. The van der Waals surface area contributed by atoms with E-state index in [2.05, 4.69) is 0 Å². The molecule has 1 rings (SSSR count). The van der Waals surface area contributed by atoms with Crippen LogP contribution < -0.4 is 0 Å². The van der Waals surface area contributed by atoms with Crippen molar-refractivity contribution in [3.8, 4) is 0 Å². The fraction of sp³-hybridized carbons (Fsp3) is 0.692. The number of hydrogen-bond donors (Lipinski definition) is 0. The van der Waals surface area contributed by atoms with Gasteiger partial charge in [0.25, 0.3) is 0 Å². The van der Waals surface area contributed by atoms with Gasteiger partial charge in [0, 0.05) is 25.4 Å². The standard InChI is InChI=1S/C13H22N2O3/c1-9(14(5)6)10-7-15(8-11(10)16)12(17)18-13(2,3)4/h7-8H2,1-6H3/b10-9-. The Morgan fingerprint density at radius 3 is 2.28 bits per heavy atom. The van der Waals surface area contributed by atoms with E-state index in [9.17, 15) is 9.59 Å². The minimum Gasteiger partial charge on any atom is -0.444 e. The largest absolute Gasteiger partial charge is 0.444 e. The number of rotatable bonds is 1. The molecule has 102 valence electrons. The van der Waals surface area contributed by atoms with E-state index in [1.165, 1.54) is 4.90 Å². The van der Waals surface area contributed by atoms with Crippen LogP contribution in [0.1, 0.15) is 27.7 Å². The van der Waals surface area contributed by atoms with Crippen LogP contribution in [-0.4, -0.2) is 54.5 Å². The molecule has 1 aliphatic rings. The molecular formula is C13H22N2O3. The van der Waals surface area contributed by atoms with E-state index in [1.54, 1.807) is 0 Å². The number of Topliss-reactive ketones (excluding diaryl/α,β-unsaturated/α-hetero) is 1. The van der Waals surface area contributed by atoms with Crippen molar-refractivity contribution in [3.63, 3.8) is 0 Å². The lowest BCUT2D eigenvalue weighted by Gasteiger charge is -2.23. The Hall–Kier alpha value is -1.52. The van der Waals surface area contributed by atoms with Crippen LogP contribution in [0, 0.1) is 0 Å². The topological polar surface area (TPSA) is 49.9 Å². The fourth-order valence-electron chi connectivity index (χ4n) is 1.65. The lowest BCUT2D eigenvalue weighted by atomic mass is 10.1. The van der Waals surface area contributed by atoms with Crippen molar-refractivity contribution >= 4 is 11.9 Å². The predicted octanol–water partition coefficient (Wildman–Crippen LogP) is 1.64. The number of ketones is 1. The summed E-state index contributed by atoms with van der Waals surface area (Å²) in [5.41, 5.74) is 1.04. The van der Waals surface area contributed by atoms with Gasteiger partial charge in [-0.05, 0) is 27.7 Å². The molecule has 0 spiro atoms. The van der Waals surface area contributed by atoms with Gasteiger partial charge >= 0.3 is 6.09 Å². The van der Waals surface area contributed by atoms with Gasteiger partial charge in [0.1, 0.15) is 5.60 Å². The van der Waals surface area contributed by atoms with Gasteiger partial charge in [-0.2, -0.15) is 0 Å². The maximum atomic E-state index is 11.9. The molecule has 1 aliphatic heterocycles. The number of hydrogen-bond acceptors (Lipinski definition) is 4. The quantitative estimate of drug-likeness (QED) is 0.667. The van der Waals surface area contributed by atoms with Gasteiger partial charge in [-0.1, -0.05) is 0 Å². The van der Waals surface area contributed by atoms with E-state index < -0.39 is 11.7 Å². The van der Waals surface area contributed by atoms with E-state index in [0.717, 1.165) is 5.70 Å². The average molecular weight is 254 g/mol. The van der Waals surface area contributed by atoms with E-state index >= 15 is 0 Å². The highest BCUT2D eigenvalue weighted by Gasteiger charge is 2.33. The van der Waals surface area contributed by atoms with Crippen LogP contribution in [-0.2, 0) is 9.53 Å². The van der Waals surface area contributed by atoms with Crippen LogP contribution in [0.15, 0.2) is 11.3 Å². The lowest BCUT2D eigenvalue weighted by Crippen LogP contribution is -2.35. The molecule has 0 saturated carbocycles. The highest BCUT2D eigenvalue weighted by Crippen LogP contribution is 2.19. The molecule has 0 bridgehead atoms. The molecule has 5 nitrogen and oxygen atoms in total. The first-order valence-corrected chi connectivity index (χ1v) is 6.00. The van der Waals surface area contributed by atoms with Crippen LogP contribution >= 0.6 is 0 Å². The number of amides is 1. The molecule has 1 fully saturated rings. The second-order valence-electron chi connectivity index (χ2n) is 5.72. The first-order valence-electron chi connectivity index (χ1n) is 6.00. The molecule has 5 heteroatoms. The third-order valence-corrected chi connectivity index (χ3v) is 2.78. The Balaban J connectivity index is 2.79. The van der Waals surface area contributed by atoms with Crippen LogP contribution in [0.4, 0.5) is 4.79 Å². The zero-order valence-electron chi connectivity index (χ0n) is 12.0. The van der Waals surface area contributed by atoms with E-state index in [0.29, 0.717) is 12.1 Å². The highest BCUT2D eigenvalue weighted by atomic mass is 16.6. The molecule has 0 N–H and O–H groups in total. The van der Waals surface area contributed by atoms with Crippen molar-refractivity contribution in [3.05, 3.63) is 11.3 Å². The first-order chi connectivity index (χ1) is 8.11. The highest BCUT2D eigenvalue weighted by molar-refractivity contribution is 6.02. The van der Waals surface area contributed by atoms with Gasteiger partial charge in [0.15, 0.2) is 5.78 Å². The molecule has 0 aromatic rings. The van der Waals surface area contributed by atoms with Crippen molar-refractivity contribution in [1.82, 2.24) is 9.80 Å². The molecule has 0 aromatic heterocycles. The molecule has 0 radical (unpaired) electrons. The monoisotopic (exact) mass is 254 g/mol. The summed E-state index contributed by atoms with van der Waals surface area (Å²) in [6.45, 7) is 7.75. The minimum atomic E-state index is -0.539. The molecular weight excluding hydrogens is 232 g/mol. The van der Waals surface area contributed by atoms with Crippen LogP contribution in [0.2, 0.25) is 0 Å². The number of carbonyl (C=O) groups excluding carboxylic acids is 2. The number of likely N-dealkylation sites (tertiary alicyclic amines) is 1. The molecule has 1 saturated heterocycles. The fourth-order valence-corrected chi connectivity index (χ4v) is 1.65. The van der Waals surface area contributed by atoms with E-state index in [1.807, 2.05) is 46.7 Å². The summed E-state index contributed by atoms with van der Waals surface area (Å²) in [6.07, 6.45) is -0.433. The Morgan fingerprint density at radius 1 is 1.28 bits per heavy atom. The van der Waals surface area contributed by atoms with Crippen molar-refractivity contribution in [2.24, 2.45) is 0 Å². The maximum absolute atomic E-state index is 11.9. The number of allylic oxidation sites excluding steroid dienone is 1. The van der Waals surface area contributed by atoms with E-state index in [-0.39, 0.29) is 12.3 Å². The van der Waals surface area contributed by atoms with Crippen molar-refractivity contribution < 1.29 is 14.3 Å². The summed E-state index contributed by atoms with van der Waals surface area (Å²) in [7, 11) is 3.76. The zero-order chi connectivity index (χ0) is 14.1. The molecule has 1 amide bonds. The van der Waals surface area contributed by atoms with Gasteiger partial charge < -0.3 is 9.64 Å². The zero-order valence-corrected chi connectivity index (χ0v) is 12.0. The van der Waals surface area contributed by atoms with E-state index in [4.69, 9.17) is 4.74 Å². The van der Waals surface area contributed by atoms with Crippen molar-refractivity contribution in [2.45, 2.75) is 33.3 Å². The molecule has 0 unspecified atom stereocenters. The Bertz CT molecular complexity index is 392. The third kappa shape index (κ3) is 3.48. The third-order valence-electron chi connectivity index (χ3n) is 2.78. The second-order valence-corrected chi connectivity index (χ2v) is 5.72. The van der Waals surface area contributed by atoms with Gasteiger partial charge in [-0.3, -0.25) is 9.69 Å². The molecule has 1 heterocycles. The predicted molar refractivity (Wildman–Crippen MR) is 69.2 cm³/mol. The summed E-state index contributed by atoms with van der Waals surface area (Å²) >= 11 is 0. The van der Waals surface area contributed by atoms with Gasteiger partial charge in [-0.25, -0.2) is 4.79 Å². The molecule has 0 aliphatic carbocycles. The Morgan fingerprint density at radius 2 is 1.83 bits per heavy atom. The first kappa shape index (κ1) is 14.5. The SMILES string of the molecule is C/C(=C1\CN(C(=O)OC(C)(C)C)CC1=O)N(C)C. The Labute approximate surface area is 108 Å². The number of ether oxygens (including phenoxy) is 1. The summed E-state index contributed by atoms with van der Waals surface area (Å²) in [4.78, 5) is 27.0.